The van der Waals surface area contributed by atoms with Crippen LogP contribution in [0.5, 0.6) is 5.75 Å². The first-order valence-corrected chi connectivity index (χ1v) is 8.75. The van der Waals surface area contributed by atoms with Gasteiger partial charge in [-0.3, -0.25) is 14.9 Å². The van der Waals surface area contributed by atoms with Gasteiger partial charge in [0.25, 0.3) is 11.5 Å². The van der Waals surface area contributed by atoms with Gasteiger partial charge in [0.15, 0.2) is 12.4 Å². The van der Waals surface area contributed by atoms with Gasteiger partial charge in [0.1, 0.15) is 0 Å². The average molecular weight is 380 g/mol. The summed E-state index contributed by atoms with van der Waals surface area (Å²) < 4.78 is 6.88. The molecule has 0 radical (unpaired) electrons. The number of pyridine rings is 1. The molecule has 0 aliphatic carbocycles. The van der Waals surface area contributed by atoms with Crippen LogP contribution in [0, 0.1) is 0 Å². The summed E-state index contributed by atoms with van der Waals surface area (Å²) in [5.74, 6) is -0.163. The maximum Gasteiger partial charge on any atom is 0.293 e. The zero-order valence-corrected chi connectivity index (χ0v) is 15.4. The smallest absolute Gasteiger partial charge is 0.293 e. The van der Waals surface area contributed by atoms with Gasteiger partial charge in [-0.15, -0.1) is 11.6 Å². The molecule has 26 heavy (non-hydrogen) atoms. The van der Waals surface area contributed by atoms with E-state index < -0.39 is 0 Å². The van der Waals surface area contributed by atoms with Crippen molar-refractivity contribution in [2.24, 2.45) is 7.05 Å². The van der Waals surface area contributed by atoms with Crippen molar-refractivity contribution in [1.29, 1.82) is 0 Å². The Hall–Kier alpha value is -2.29. The molecule has 2 heterocycles. The van der Waals surface area contributed by atoms with Gasteiger partial charge < -0.3 is 25.3 Å². The highest BCUT2D eigenvalue weighted by Gasteiger charge is 2.22. The summed E-state index contributed by atoms with van der Waals surface area (Å²) in [7, 11) is 3.19. The lowest BCUT2D eigenvalue weighted by Gasteiger charge is -2.30. The highest BCUT2D eigenvalue weighted by atomic mass is 35.5. The minimum absolute atomic E-state index is 0.0631. The lowest BCUT2D eigenvalue weighted by molar-refractivity contribution is -0.122. The van der Waals surface area contributed by atoms with Crippen LogP contribution in [0.1, 0.15) is 0 Å². The first kappa shape index (κ1) is 18.5. The van der Waals surface area contributed by atoms with Crippen molar-refractivity contribution >= 4 is 34.1 Å². The molecule has 1 aromatic heterocycles. The van der Waals surface area contributed by atoms with E-state index in [1.807, 2.05) is 18.2 Å². The number of alkyl halides is 1. The molecule has 0 spiro atoms. The molecular weight excluding hydrogens is 358 g/mol. The van der Waals surface area contributed by atoms with E-state index in [1.165, 1.54) is 11.6 Å². The van der Waals surface area contributed by atoms with E-state index in [0.29, 0.717) is 13.2 Å². The van der Waals surface area contributed by atoms with Crippen molar-refractivity contribution in [1.82, 2.24) is 20.5 Å². The van der Waals surface area contributed by atoms with Crippen LogP contribution in [0.15, 0.2) is 29.1 Å². The normalized spacial score (nSPS) is 20.0. The first-order valence-electron chi connectivity index (χ1n) is 8.31. The summed E-state index contributed by atoms with van der Waals surface area (Å²) >= 11 is 6.32. The predicted molar refractivity (Wildman–Crippen MR) is 102 cm³/mol. The number of aryl methyl sites for hydroxylation is 1. The highest BCUT2D eigenvalue weighted by molar-refractivity contribution is 6.21. The summed E-state index contributed by atoms with van der Waals surface area (Å²) in [6, 6.07) is 7.35. The molecule has 0 bridgehead atoms. The lowest BCUT2D eigenvalue weighted by Crippen LogP contribution is -2.55. The molecule has 2 unspecified atom stereocenters. The molecule has 1 aliphatic heterocycles. The molecule has 2 aromatic rings. The Morgan fingerprint density at radius 2 is 2.23 bits per heavy atom. The number of aromatic nitrogens is 1. The summed E-state index contributed by atoms with van der Waals surface area (Å²) in [6.07, 6.45) is -0.0631. The van der Waals surface area contributed by atoms with E-state index in [4.69, 9.17) is 16.3 Å². The number of halogens is 1. The van der Waals surface area contributed by atoms with Crippen LogP contribution in [0.4, 0.5) is 5.69 Å². The van der Waals surface area contributed by atoms with Gasteiger partial charge in [-0.25, -0.2) is 0 Å². The molecule has 3 rings (SSSR count). The number of benzene rings is 1. The minimum Gasteiger partial charge on any atom is -0.478 e. The molecule has 1 aromatic carbocycles. The SMILES string of the molecule is CNC(=O)COc1cc2cc(NC3NCNCC3Cl)ccc2n(C)c1=O. The van der Waals surface area contributed by atoms with E-state index in [9.17, 15) is 9.59 Å². The molecule has 2 atom stereocenters. The van der Waals surface area contributed by atoms with Crippen molar-refractivity contribution in [2.75, 3.05) is 32.2 Å². The molecule has 1 saturated heterocycles. The zero-order chi connectivity index (χ0) is 18.7. The molecule has 140 valence electrons. The quantitative estimate of drug-likeness (QED) is 0.553. The van der Waals surface area contributed by atoms with Crippen LogP contribution in [-0.4, -0.2) is 48.9 Å². The van der Waals surface area contributed by atoms with E-state index in [0.717, 1.165) is 16.6 Å². The average Bonchev–Trinajstić information content (AvgIpc) is 2.65. The van der Waals surface area contributed by atoms with Crippen LogP contribution in [-0.2, 0) is 11.8 Å². The number of hydrogen-bond donors (Lipinski definition) is 4. The largest absolute Gasteiger partial charge is 0.478 e. The Morgan fingerprint density at radius 1 is 1.42 bits per heavy atom. The number of carbonyl (C=O) groups excluding carboxylic acids is 1. The fraction of sp³-hybridized carbons (Fsp3) is 0.412. The van der Waals surface area contributed by atoms with Gasteiger partial charge in [0.2, 0.25) is 0 Å². The standard InChI is InChI=1S/C17H22ClN5O3/c1-19-15(24)8-26-14-6-10-5-11(3-4-13(10)23(2)17(14)25)22-16-12(18)7-20-9-21-16/h3-6,12,16,20-22H,7-9H2,1-2H3,(H,19,24). The number of hydrogen-bond acceptors (Lipinski definition) is 6. The fourth-order valence-corrected chi connectivity index (χ4v) is 3.08. The van der Waals surface area contributed by atoms with Crippen LogP contribution in [0.3, 0.4) is 0 Å². The monoisotopic (exact) mass is 379 g/mol. The summed E-state index contributed by atoms with van der Waals surface area (Å²) in [5, 5.41) is 13.0. The Balaban J connectivity index is 1.88. The van der Waals surface area contributed by atoms with Gasteiger partial charge in [-0.1, -0.05) is 0 Å². The van der Waals surface area contributed by atoms with Gasteiger partial charge in [0.05, 0.1) is 17.1 Å². The Bertz CT molecular complexity index is 869. The number of fused-ring (bicyclic) bond motifs is 1. The van der Waals surface area contributed by atoms with Crippen LogP contribution >= 0.6 is 11.6 Å². The first-order chi connectivity index (χ1) is 12.5. The summed E-state index contributed by atoms with van der Waals surface area (Å²) in [4.78, 5) is 23.8. The molecule has 4 N–H and O–H groups in total. The third-order valence-corrected chi connectivity index (χ3v) is 4.70. The molecule has 1 amide bonds. The van der Waals surface area contributed by atoms with Crippen molar-refractivity contribution < 1.29 is 9.53 Å². The Kier molecular flexibility index (Phi) is 5.65. The predicted octanol–water partition coefficient (Wildman–Crippen LogP) is 0.159. The topological polar surface area (TPSA) is 96.4 Å². The van der Waals surface area contributed by atoms with E-state index in [2.05, 4.69) is 21.3 Å². The highest BCUT2D eigenvalue weighted by Crippen LogP contribution is 2.22. The van der Waals surface area contributed by atoms with E-state index >= 15 is 0 Å². The lowest BCUT2D eigenvalue weighted by atomic mass is 10.1. The van der Waals surface area contributed by atoms with Crippen molar-refractivity contribution in [3.63, 3.8) is 0 Å². The third-order valence-electron chi connectivity index (χ3n) is 4.30. The number of nitrogens with one attached hydrogen (secondary N) is 4. The van der Waals surface area contributed by atoms with Crippen LogP contribution in [0.2, 0.25) is 0 Å². The van der Waals surface area contributed by atoms with Gasteiger partial charge in [-0.05, 0) is 24.3 Å². The second kappa shape index (κ2) is 7.94. The summed E-state index contributed by atoms with van der Waals surface area (Å²) in [6.45, 7) is 1.19. The second-order valence-corrected chi connectivity index (χ2v) is 6.64. The number of nitrogens with zero attached hydrogens (tertiary/aromatic N) is 1. The maximum atomic E-state index is 12.4. The number of likely N-dealkylation sites (N-methyl/N-ethyl adjacent to an activating group) is 1. The number of amides is 1. The molecular formula is C17H22ClN5O3. The molecule has 8 nitrogen and oxygen atoms in total. The van der Waals surface area contributed by atoms with Gasteiger partial charge >= 0.3 is 0 Å². The fourth-order valence-electron chi connectivity index (χ4n) is 2.82. The Morgan fingerprint density at radius 3 is 2.96 bits per heavy atom. The number of ether oxygens (including phenoxy) is 1. The number of carbonyl (C=O) groups is 1. The number of anilines is 1. The van der Waals surface area contributed by atoms with Crippen LogP contribution < -0.4 is 31.6 Å². The van der Waals surface area contributed by atoms with Crippen molar-refractivity contribution in [3.05, 3.63) is 34.6 Å². The van der Waals surface area contributed by atoms with Crippen molar-refractivity contribution in [2.45, 2.75) is 11.5 Å². The van der Waals surface area contributed by atoms with Gasteiger partial charge in [-0.2, -0.15) is 0 Å². The third kappa shape index (κ3) is 3.92. The number of rotatable bonds is 5. The van der Waals surface area contributed by atoms with Crippen LogP contribution in [0.25, 0.3) is 10.9 Å². The molecule has 1 fully saturated rings. The minimum atomic E-state index is -0.298. The summed E-state index contributed by atoms with van der Waals surface area (Å²) in [5.41, 5.74) is 1.36. The van der Waals surface area contributed by atoms with Crippen molar-refractivity contribution in [3.8, 4) is 5.75 Å². The molecule has 9 heteroatoms. The Labute approximate surface area is 155 Å². The molecule has 1 aliphatic rings. The molecule has 0 saturated carbocycles. The maximum absolute atomic E-state index is 12.4. The van der Waals surface area contributed by atoms with E-state index in [1.54, 1.807) is 13.1 Å². The second-order valence-electron chi connectivity index (χ2n) is 6.08. The zero-order valence-electron chi connectivity index (χ0n) is 14.6. The van der Waals surface area contributed by atoms with E-state index in [-0.39, 0.29) is 35.4 Å². The van der Waals surface area contributed by atoms with Gasteiger partial charge in [0, 0.05) is 38.4 Å².